The van der Waals surface area contributed by atoms with Crippen molar-refractivity contribution in [3.05, 3.63) is 39.4 Å². The monoisotopic (exact) mass is 347 g/mol. The first kappa shape index (κ1) is 16.1. The van der Waals surface area contributed by atoms with Crippen LogP contribution in [-0.4, -0.2) is 17.0 Å². The third kappa shape index (κ3) is 3.70. The number of hydrogen-bond donors (Lipinski definition) is 2. The van der Waals surface area contributed by atoms with Crippen LogP contribution in [0.2, 0.25) is 15.1 Å². The van der Waals surface area contributed by atoms with E-state index in [1.54, 1.807) is 12.2 Å². The first-order chi connectivity index (χ1) is 9.90. The summed E-state index contributed by atoms with van der Waals surface area (Å²) in [7, 11) is 0. The molecule has 0 bridgehead atoms. The van der Waals surface area contributed by atoms with E-state index in [0.29, 0.717) is 18.5 Å². The Bertz CT molecular complexity index is 616. The Morgan fingerprint density at radius 2 is 1.57 bits per heavy atom. The number of carbonyl (C=O) groups excluding carboxylic acids is 1. The zero-order valence-electron chi connectivity index (χ0n) is 10.8. The molecule has 0 fully saturated rings. The van der Waals surface area contributed by atoms with Crippen molar-refractivity contribution < 1.29 is 14.7 Å². The maximum Gasteiger partial charge on any atom is 0.307 e. The van der Waals surface area contributed by atoms with Crippen molar-refractivity contribution in [1.82, 2.24) is 0 Å². The fraction of sp³-hybridized carbons (Fsp3) is 0.286. The normalized spacial score (nSPS) is 21.1. The lowest BCUT2D eigenvalue weighted by Gasteiger charge is -2.24. The minimum Gasteiger partial charge on any atom is -0.481 e. The van der Waals surface area contributed by atoms with Gasteiger partial charge in [0.2, 0.25) is 5.91 Å². The smallest absolute Gasteiger partial charge is 0.307 e. The van der Waals surface area contributed by atoms with E-state index in [4.69, 9.17) is 34.8 Å². The molecule has 0 radical (unpaired) electrons. The van der Waals surface area contributed by atoms with Gasteiger partial charge < -0.3 is 10.4 Å². The van der Waals surface area contributed by atoms with Gasteiger partial charge in [-0.1, -0.05) is 47.0 Å². The van der Waals surface area contributed by atoms with E-state index in [0.717, 1.165) is 0 Å². The highest BCUT2D eigenvalue weighted by molar-refractivity contribution is 6.44. The molecule has 21 heavy (non-hydrogen) atoms. The van der Waals surface area contributed by atoms with E-state index >= 15 is 0 Å². The lowest BCUT2D eigenvalue weighted by atomic mass is 9.82. The van der Waals surface area contributed by atoms with Crippen molar-refractivity contribution in [2.45, 2.75) is 12.8 Å². The van der Waals surface area contributed by atoms with E-state index in [2.05, 4.69) is 5.32 Å². The number of benzene rings is 1. The summed E-state index contributed by atoms with van der Waals surface area (Å²) in [4.78, 5) is 23.5. The second-order valence-electron chi connectivity index (χ2n) is 4.73. The summed E-state index contributed by atoms with van der Waals surface area (Å²) in [6, 6.07) is 2.87. The van der Waals surface area contributed by atoms with Gasteiger partial charge in [-0.3, -0.25) is 9.59 Å². The van der Waals surface area contributed by atoms with Gasteiger partial charge in [-0.15, -0.1) is 0 Å². The van der Waals surface area contributed by atoms with Crippen molar-refractivity contribution in [3.63, 3.8) is 0 Å². The van der Waals surface area contributed by atoms with Gasteiger partial charge in [0, 0.05) is 0 Å². The molecule has 7 heteroatoms. The van der Waals surface area contributed by atoms with Crippen LogP contribution < -0.4 is 5.32 Å². The Balaban J connectivity index is 2.19. The summed E-state index contributed by atoms with van der Waals surface area (Å²) in [5, 5.41) is 12.6. The summed E-state index contributed by atoms with van der Waals surface area (Å²) < 4.78 is 0. The van der Waals surface area contributed by atoms with Gasteiger partial charge in [0.05, 0.1) is 32.6 Å². The van der Waals surface area contributed by atoms with Crippen molar-refractivity contribution in [3.8, 4) is 0 Å². The Kier molecular flexibility index (Phi) is 5.14. The number of rotatable bonds is 3. The molecule has 1 aromatic rings. The number of allylic oxidation sites excluding steroid dienone is 2. The van der Waals surface area contributed by atoms with Crippen LogP contribution in [0.15, 0.2) is 24.3 Å². The van der Waals surface area contributed by atoms with Gasteiger partial charge >= 0.3 is 5.97 Å². The van der Waals surface area contributed by atoms with Crippen molar-refractivity contribution in [1.29, 1.82) is 0 Å². The van der Waals surface area contributed by atoms with E-state index in [1.165, 1.54) is 12.1 Å². The fourth-order valence-corrected chi connectivity index (χ4v) is 2.81. The molecular formula is C14H12Cl3NO3. The van der Waals surface area contributed by atoms with Gasteiger partial charge in [0.1, 0.15) is 0 Å². The third-order valence-electron chi connectivity index (χ3n) is 3.35. The second kappa shape index (κ2) is 6.69. The summed E-state index contributed by atoms with van der Waals surface area (Å²) >= 11 is 17.7. The summed E-state index contributed by atoms with van der Waals surface area (Å²) in [6.45, 7) is 0. The zero-order chi connectivity index (χ0) is 15.6. The van der Waals surface area contributed by atoms with Gasteiger partial charge in [-0.25, -0.2) is 0 Å². The molecule has 0 saturated carbocycles. The van der Waals surface area contributed by atoms with Crippen LogP contribution in [0.3, 0.4) is 0 Å². The summed E-state index contributed by atoms with van der Waals surface area (Å²) in [5.41, 5.74) is 0.315. The molecule has 0 aliphatic heterocycles. The predicted molar refractivity (Wildman–Crippen MR) is 83.1 cm³/mol. The van der Waals surface area contributed by atoms with Gasteiger partial charge in [-0.2, -0.15) is 0 Å². The SMILES string of the molecule is O=C(O)[C@H]1CC=CC[C@H]1C(=O)Nc1cc(Cl)c(Cl)cc1Cl. The van der Waals surface area contributed by atoms with Crippen molar-refractivity contribution >= 4 is 52.4 Å². The molecule has 4 nitrogen and oxygen atoms in total. The quantitative estimate of drug-likeness (QED) is 0.634. The first-order valence-electron chi connectivity index (χ1n) is 6.23. The van der Waals surface area contributed by atoms with E-state index in [9.17, 15) is 14.7 Å². The fourth-order valence-electron chi connectivity index (χ4n) is 2.22. The summed E-state index contributed by atoms with van der Waals surface area (Å²) in [6.07, 6.45) is 4.29. The number of halogens is 3. The molecule has 0 aromatic heterocycles. The number of carboxylic acids is 1. The van der Waals surface area contributed by atoms with Crippen molar-refractivity contribution in [2.24, 2.45) is 11.8 Å². The number of hydrogen-bond acceptors (Lipinski definition) is 2. The van der Waals surface area contributed by atoms with Crippen LogP contribution in [-0.2, 0) is 9.59 Å². The van der Waals surface area contributed by atoms with Crippen LogP contribution in [0, 0.1) is 11.8 Å². The first-order valence-corrected chi connectivity index (χ1v) is 7.36. The van der Waals surface area contributed by atoms with Gasteiger partial charge in [0.25, 0.3) is 0 Å². The number of carbonyl (C=O) groups is 2. The number of anilines is 1. The molecule has 1 aliphatic rings. The molecule has 1 amide bonds. The van der Waals surface area contributed by atoms with E-state index in [-0.39, 0.29) is 15.1 Å². The molecule has 1 aliphatic carbocycles. The van der Waals surface area contributed by atoms with E-state index < -0.39 is 23.7 Å². The summed E-state index contributed by atoms with van der Waals surface area (Å²) in [5.74, 6) is -2.76. The van der Waals surface area contributed by atoms with Crippen molar-refractivity contribution in [2.75, 3.05) is 5.32 Å². The van der Waals surface area contributed by atoms with Crippen LogP contribution in [0.4, 0.5) is 5.69 Å². The lowest BCUT2D eigenvalue weighted by molar-refractivity contribution is -0.146. The van der Waals surface area contributed by atoms with Crippen LogP contribution >= 0.6 is 34.8 Å². The largest absolute Gasteiger partial charge is 0.481 e. The average molecular weight is 349 g/mol. The highest BCUT2D eigenvalue weighted by atomic mass is 35.5. The topological polar surface area (TPSA) is 66.4 Å². The molecule has 2 atom stereocenters. The minimum atomic E-state index is -0.986. The minimum absolute atomic E-state index is 0.246. The second-order valence-corrected chi connectivity index (χ2v) is 5.95. The molecule has 0 spiro atoms. The Hall–Kier alpha value is -1.23. The molecule has 1 aromatic carbocycles. The van der Waals surface area contributed by atoms with E-state index in [1.807, 2.05) is 0 Å². The Morgan fingerprint density at radius 1 is 1.00 bits per heavy atom. The number of carboxylic acid groups (broad SMARTS) is 1. The lowest BCUT2D eigenvalue weighted by Crippen LogP contribution is -2.34. The Labute approximate surface area is 136 Å². The average Bonchev–Trinajstić information content (AvgIpc) is 2.44. The molecular weight excluding hydrogens is 337 g/mol. The molecule has 2 N–H and O–H groups in total. The number of nitrogens with one attached hydrogen (secondary N) is 1. The molecule has 0 unspecified atom stereocenters. The van der Waals surface area contributed by atoms with Crippen LogP contribution in [0.1, 0.15) is 12.8 Å². The molecule has 0 heterocycles. The maximum atomic E-state index is 12.3. The Morgan fingerprint density at radius 3 is 2.19 bits per heavy atom. The van der Waals surface area contributed by atoms with Crippen LogP contribution in [0.25, 0.3) is 0 Å². The predicted octanol–water partition coefficient (Wildman–Crippen LogP) is 4.25. The number of amides is 1. The maximum absolute atomic E-state index is 12.3. The molecule has 112 valence electrons. The van der Waals surface area contributed by atoms with Gasteiger partial charge in [0.15, 0.2) is 0 Å². The van der Waals surface area contributed by atoms with Gasteiger partial charge in [-0.05, 0) is 25.0 Å². The van der Waals surface area contributed by atoms with Crippen LogP contribution in [0.5, 0.6) is 0 Å². The highest BCUT2D eigenvalue weighted by Crippen LogP contribution is 2.34. The standard InChI is InChI=1S/C14H12Cl3NO3/c15-9-5-11(17)12(6-10(9)16)18-13(19)7-3-1-2-4-8(7)14(20)21/h1-2,5-8H,3-4H2,(H,18,19)(H,20,21)/t7-,8+/m1/s1. The highest BCUT2D eigenvalue weighted by Gasteiger charge is 2.34. The zero-order valence-corrected chi connectivity index (χ0v) is 13.0. The number of aliphatic carboxylic acids is 1. The molecule has 2 rings (SSSR count). The molecule has 0 saturated heterocycles. The third-order valence-corrected chi connectivity index (χ3v) is 4.39.